The van der Waals surface area contributed by atoms with Crippen molar-refractivity contribution in [2.24, 2.45) is 10.9 Å². The molecule has 1 atom stereocenters. The van der Waals surface area contributed by atoms with Gasteiger partial charge in [-0.3, -0.25) is 4.99 Å². The number of aliphatic hydroxyl groups is 1. The summed E-state index contributed by atoms with van der Waals surface area (Å²) in [4.78, 5) is 4.52. The molecule has 0 fully saturated rings. The number of aromatic hydroxyl groups is 1. The molecule has 3 heteroatoms. The molecule has 0 saturated heterocycles. The summed E-state index contributed by atoms with van der Waals surface area (Å²) in [5, 5.41) is 20.2. The minimum absolute atomic E-state index is 0.00932. The smallest absolute Gasteiger partial charge is 0.128 e. The SMILES string of the molecule is CC(C)CC(CO)N=Cc1cc(C(C)(C)C)cc(C(C)(C)C)c1O. The number of hydrogen-bond acceptors (Lipinski definition) is 3. The highest BCUT2D eigenvalue weighted by Gasteiger charge is 2.24. The van der Waals surface area contributed by atoms with E-state index >= 15 is 0 Å². The Morgan fingerprint density at radius 3 is 2.04 bits per heavy atom. The molecule has 0 aliphatic heterocycles. The molecule has 136 valence electrons. The summed E-state index contributed by atoms with van der Waals surface area (Å²) < 4.78 is 0. The van der Waals surface area contributed by atoms with Crippen LogP contribution in [0.2, 0.25) is 0 Å². The van der Waals surface area contributed by atoms with Crippen LogP contribution in [0, 0.1) is 5.92 Å². The maximum absolute atomic E-state index is 10.7. The second-order valence-corrected chi connectivity index (χ2v) is 9.21. The Balaban J connectivity index is 3.36. The van der Waals surface area contributed by atoms with Gasteiger partial charge in [0.1, 0.15) is 5.75 Å². The van der Waals surface area contributed by atoms with E-state index in [1.54, 1.807) is 6.21 Å². The summed E-state index contributed by atoms with van der Waals surface area (Å²) in [6.45, 7) is 17.1. The molecule has 1 unspecified atom stereocenters. The van der Waals surface area contributed by atoms with E-state index in [0.717, 1.165) is 17.5 Å². The van der Waals surface area contributed by atoms with Crippen LogP contribution in [0.25, 0.3) is 0 Å². The number of phenolic OH excluding ortho intramolecular Hbond substituents is 1. The summed E-state index contributed by atoms with van der Waals surface area (Å²) in [6, 6.07) is 3.99. The molecule has 1 aromatic carbocycles. The summed E-state index contributed by atoms with van der Waals surface area (Å²) in [7, 11) is 0. The molecule has 0 aliphatic carbocycles. The van der Waals surface area contributed by atoms with Crippen LogP contribution in [0.3, 0.4) is 0 Å². The average Bonchev–Trinajstić information content (AvgIpc) is 2.41. The average molecular weight is 334 g/mol. The van der Waals surface area contributed by atoms with Gasteiger partial charge >= 0.3 is 0 Å². The highest BCUT2D eigenvalue weighted by Crippen LogP contribution is 2.37. The monoisotopic (exact) mass is 333 g/mol. The molecule has 24 heavy (non-hydrogen) atoms. The van der Waals surface area contributed by atoms with Crippen molar-refractivity contribution in [2.45, 2.75) is 78.7 Å². The van der Waals surface area contributed by atoms with Crippen molar-refractivity contribution in [1.82, 2.24) is 0 Å². The normalized spacial score (nSPS) is 14.6. The second-order valence-electron chi connectivity index (χ2n) is 9.21. The second kappa shape index (κ2) is 7.69. The predicted octanol–water partition coefficient (Wildman–Crippen LogP) is 4.81. The van der Waals surface area contributed by atoms with Gasteiger partial charge in [-0.15, -0.1) is 0 Å². The Hall–Kier alpha value is -1.35. The minimum atomic E-state index is -0.151. The molecule has 0 aromatic heterocycles. The highest BCUT2D eigenvalue weighted by molar-refractivity contribution is 5.85. The first-order valence-corrected chi connectivity index (χ1v) is 8.88. The predicted molar refractivity (Wildman–Crippen MR) is 103 cm³/mol. The molecule has 0 saturated carbocycles. The van der Waals surface area contributed by atoms with Crippen molar-refractivity contribution in [3.8, 4) is 5.75 Å². The van der Waals surface area contributed by atoms with Crippen LogP contribution in [0.1, 0.15) is 78.5 Å². The fourth-order valence-corrected chi connectivity index (χ4v) is 2.67. The summed E-state index contributed by atoms with van der Waals surface area (Å²) in [6.07, 6.45) is 2.56. The number of nitrogens with zero attached hydrogens (tertiary/aromatic N) is 1. The maximum atomic E-state index is 10.7. The van der Waals surface area contributed by atoms with Crippen molar-refractivity contribution in [3.63, 3.8) is 0 Å². The van der Waals surface area contributed by atoms with Gasteiger partial charge in [-0.25, -0.2) is 0 Å². The van der Waals surface area contributed by atoms with E-state index in [1.165, 1.54) is 5.56 Å². The number of rotatable bonds is 5. The van der Waals surface area contributed by atoms with Gasteiger partial charge in [0.2, 0.25) is 0 Å². The van der Waals surface area contributed by atoms with Gasteiger partial charge < -0.3 is 10.2 Å². The van der Waals surface area contributed by atoms with Crippen LogP contribution >= 0.6 is 0 Å². The molecular weight excluding hydrogens is 298 g/mol. The van der Waals surface area contributed by atoms with Gasteiger partial charge in [0, 0.05) is 17.3 Å². The van der Waals surface area contributed by atoms with E-state index in [0.29, 0.717) is 11.7 Å². The molecular formula is C21H35NO2. The lowest BCUT2D eigenvalue weighted by Gasteiger charge is -2.27. The molecule has 3 nitrogen and oxygen atoms in total. The number of hydrogen-bond donors (Lipinski definition) is 2. The third-order valence-electron chi connectivity index (χ3n) is 4.19. The lowest BCUT2D eigenvalue weighted by molar-refractivity contribution is 0.251. The van der Waals surface area contributed by atoms with Crippen molar-refractivity contribution in [3.05, 3.63) is 28.8 Å². The quantitative estimate of drug-likeness (QED) is 0.760. The Kier molecular flexibility index (Phi) is 6.63. The van der Waals surface area contributed by atoms with E-state index in [2.05, 4.69) is 66.4 Å². The third kappa shape index (κ3) is 5.62. The lowest BCUT2D eigenvalue weighted by atomic mass is 9.79. The lowest BCUT2D eigenvalue weighted by Crippen LogP contribution is -2.18. The minimum Gasteiger partial charge on any atom is -0.507 e. The standard InChI is InChI=1S/C21H35NO2/c1-14(2)9-17(13-23)22-12-15-10-16(20(3,4)5)11-18(19(15)24)21(6,7)8/h10-12,14,17,23-24H,9,13H2,1-8H3. The summed E-state index contributed by atoms with van der Waals surface area (Å²) >= 11 is 0. The number of aliphatic hydroxyl groups excluding tert-OH is 1. The van der Waals surface area contributed by atoms with Crippen molar-refractivity contribution in [1.29, 1.82) is 0 Å². The maximum Gasteiger partial charge on any atom is 0.128 e. The van der Waals surface area contributed by atoms with Crippen LogP contribution in [0.5, 0.6) is 5.75 Å². The molecule has 2 N–H and O–H groups in total. The Morgan fingerprint density at radius 2 is 1.62 bits per heavy atom. The summed E-state index contributed by atoms with van der Waals surface area (Å²) in [5.74, 6) is 0.763. The molecule has 0 bridgehead atoms. The molecule has 0 heterocycles. The van der Waals surface area contributed by atoms with Crippen LogP contribution in [0.4, 0.5) is 0 Å². The first kappa shape index (κ1) is 20.7. The van der Waals surface area contributed by atoms with Gasteiger partial charge in [-0.2, -0.15) is 0 Å². The zero-order valence-electron chi connectivity index (χ0n) is 16.6. The van der Waals surface area contributed by atoms with Gasteiger partial charge in [-0.05, 0) is 34.8 Å². The van der Waals surface area contributed by atoms with E-state index in [9.17, 15) is 10.2 Å². The van der Waals surface area contributed by atoms with Crippen molar-refractivity contribution >= 4 is 6.21 Å². The number of benzene rings is 1. The van der Waals surface area contributed by atoms with Crippen LogP contribution in [0.15, 0.2) is 17.1 Å². The summed E-state index contributed by atoms with van der Waals surface area (Å²) in [5.41, 5.74) is 2.68. The van der Waals surface area contributed by atoms with E-state index in [-0.39, 0.29) is 23.5 Å². The van der Waals surface area contributed by atoms with Gasteiger partial charge in [0.05, 0.1) is 12.6 Å². The number of aliphatic imine (C=N–C) groups is 1. The zero-order chi connectivity index (χ0) is 18.7. The highest BCUT2D eigenvalue weighted by atomic mass is 16.3. The van der Waals surface area contributed by atoms with Crippen LogP contribution < -0.4 is 0 Å². The third-order valence-corrected chi connectivity index (χ3v) is 4.19. The first-order chi connectivity index (χ1) is 10.9. The number of phenols is 1. The molecule has 0 spiro atoms. The van der Waals surface area contributed by atoms with Crippen LogP contribution in [-0.2, 0) is 10.8 Å². The van der Waals surface area contributed by atoms with Gasteiger partial charge in [-0.1, -0.05) is 61.5 Å². The van der Waals surface area contributed by atoms with Crippen LogP contribution in [-0.4, -0.2) is 29.1 Å². The fraction of sp³-hybridized carbons (Fsp3) is 0.667. The van der Waals surface area contributed by atoms with Crippen molar-refractivity contribution < 1.29 is 10.2 Å². The Labute approximate surface area is 147 Å². The molecule has 0 radical (unpaired) electrons. The van der Waals surface area contributed by atoms with Crippen molar-refractivity contribution in [2.75, 3.05) is 6.61 Å². The molecule has 0 aliphatic rings. The van der Waals surface area contributed by atoms with E-state index in [4.69, 9.17) is 0 Å². The van der Waals surface area contributed by atoms with Gasteiger partial charge in [0.25, 0.3) is 0 Å². The topological polar surface area (TPSA) is 52.8 Å². The van der Waals surface area contributed by atoms with E-state index in [1.807, 2.05) is 6.07 Å². The molecule has 1 rings (SSSR count). The first-order valence-electron chi connectivity index (χ1n) is 8.88. The largest absolute Gasteiger partial charge is 0.507 e. The van der Waals surface area contributed by atoms with Gasteiger partial charge in [0.15, 0.2) is 0 Å². The Bertz CT molecular complexity index is 575. The molecule has 0 amide bonds. The molecule has 1 aromatic rings. The fourth-order valence-electron chi connectivity index (χ4n) is 2.67. The zero-order valence-corrected chi connectivity index (χ0v) is 16.6. The Morgan fingerprint density at radius 1 is 1.04 bits per heavy atom. The van der Waals surface area contributed by atoms with E-state index < -0.39 is 0 Å².